The second kappa shape index (κ2) is 16.0. The molecule has 0 saturated carbocycles. The molecule has 0 radical (unpaired) electrons. The number of Topliss-reactive ketones (excluding diaryl/α,β-unsaturated/α-hetero) is 1. The fourth-order valence-corrected chi connectivity index (χ4v) is 7.09. The van der Waals surface area contributed by atoms with Crippen molar-refractivity contribution in [2.75, 3.05) is 13.1 Å². The first-order chi connectivity index (χ1) is 24.0. The Bertz CT molecular complexity index is 1930. The molecule has 1 aliphatic heterocycles. The minimum absolute atomic E-state index is 0.0407. The molecule has 1 fully saturated rings. The number of carbonyl (C=O) groups is 3. The van der Waals surface area contributed by atoms with Crippen LogP contribution in [0.5, 0.6) is 11.5 Å². The van der Waals surface area contributed by atoms with Crippen LogP contribution < -0.4 is 0 Å². The van der Waals surface area contributed by atoms with Crippen LogP contribution in [-0.4, -0.2) is 62.2 Å². The summed E-state index contributed by atoms with van der Waals surface area (Å²) in [7, 11) is 0. The summed E-state index contributed by atoms with van der Waals surface area (Å²) in [5.41, 5.74) is 3.85. The number of likely N-dealkylation sites (tertiary alicyclic amines) is 1. The average molecular weight is 676 g/mol. The van der Waals surface area contributed by atoms with E-state index < -0.39 is 23.4 Å². The van der Waals surface area contributed by atoms with Crippen LogP contribution in [0.15, 0.2) is 78.9 Å². The van der Waals surface area contributed by atoms with E-state index >= 15 is 0 Å². The lowest BCUT2D eigenvalue weighted by atomic mass is 9.90. The zero-order chi connectivity index (χ0) is 35.9. The van der Waals surface area contributed by atoms with Gasteiger partial charge in [0.15, 0.2) is 5.78 Å². The summed E-state index contributed by atoms with van der Waals surface area (Å²) in [6.07, 6.45) is 6.46. The second-order valence-corrected chi connectivity index (χ2v) is 13.1. The molecule has 0 spiro atoms. The number of carboxylic acids is 2. The maximum Gasteiger partial charge on any atom is 0.339 e. The molecule has 5 aromatic rings. The van der Waals surface area contributed by atoms with Crippen molar-refractivity contribution in [1.82, 2.24) is 4.90 Å². The predicted molar refractivity (Wildman–Crippen MR) is 197 cm³/mol. The molecular formula is C42H45NO7. The maximum atomic E-state index is 12.8. The van der Waals surface area contributed by atoms with Crippen molar-refractivity contribution in [3.63, 3.8) is 0 Å². The van der Waals surface area contributed by atoms with Crippen LogP contribution in [0.4, 0.5) is 0 Å². The molecular weight excluding hydrogens is 630 g/mol. The number of hydrogen-bond donors (Lipinski definition) is 4. The third kappa shape index (κ3) is 7.81. The summed E-state index contributed by atoms with van der Waals surface area (Å²) in [6.45, 7) is 8.64. The van der Waals surface area contributed by atoms with Crippen molar-refractivity contribution in [2.24, 2.45) is 0 Å². The molecule has 6 rings (SSSR count). The quantitative estimate of drug-likeness (QED) is 0.116. The SMILES string of the molecule is CCCCN1CCCCC1C(=O)Cc1c(C)cccc1C.O=C(O)c1cc2ccccc2c(Cc2c(O)c(C(=O)O)cc3ccccc23)c1O. The van der Waals surface area contributed by atoms with E-state index in [1.54, 1.807) is 48.5 Å². The van der Waals surface area contributed by atoms with Crippen LogP contribution in [0.1, 0.15) is 87.6 Å². The Labute approximate surface area is 292 Å². The molecule has 4 N–H and O–H groups in total. The molecule has 5 aromatic carbocycles. The Morgan fingerprint density at radius 2 is 1.24 bits per heavy atom. The Morgan fingerprint density at radius 3 is 1.74 bits per heavy atom. The van der Waals surface area contributed by atoms with Gasteiger partial charge in [-0.3, -0.25) is 9.69 Å². The van der Waals surface area contributed by atoms with Crippen molar-refractivity contribution in [1.29, 1.82) is 0 Å². The van der Waals surface area contributed by atoms with E-state index in [1.807, 2.05) is 0 Å². The number of benzene rings is 5. The lowest BCUT2D eigenvalue weighted by molar-refractivity contribution is -0.124. The van der Waals surface area contributed by atoms with E-state index in [0.29, 0.717) is 44.9 Å². The normalized spacial score (nSPS) is 14.7. The number of phenols is 2. The summed E-state index contributed by atoms with van der Waals surface area (Å²) < 4.78 is 0. The summed E-state index contributed by atoms with van der Waals surface area (Å²) in [5, 5.41) is 42.8. The van der Waals surface area contributed by atoms with Crippen molar-refractivity contribution >= 4 is 39.3 Å². The molecule has 1 unspecified atom stereocenters. The van der Waals surface area contributed by atoms with E-state index in [9.17, 15) is 34.8 Å². The first-order valence-corrected chi connectivity index (χ1v) is 17.3. The van der Waals surface area contributed by atoms with Gasteiger partial charge in [0.25, 0.3) is 0 Å². The molecule has 0 aromatic heterocycles. The molecule has 1 aliphatic rings. The van der Waals surface area contributed by atoms with Gasteiger partial charge in [-0.1, -0.05) is 86.5 Å². The Balaban J connectivity index is 0.000000205. The Morgan fingerprint density at radius 1 is 0.720 bits per heavy atom. The molecule has 1 heterocycles. The van der Waals surface area contributed by atoms with Crippen LogP contribution in [0, 0.1) is 13.8 Å². The van der Waals surface area contributed by atoms with Crippen LogP contribution in [0.3, 0.4) is 0 Å². The van der Waals surface area contributed by atoms with Crippen molar-refractivity contribution in [3.05, 3.63) is 118 Å². The molecule has 8 heteroatoms. The molecule has 0 amide bonds. The van der Waals surface area contributed by atoms with Crippen LogP contribution >= 0.6 is 0 Å². The molecule has 0 aliphatic carbocycles. The highest BCUT2D eigenvalue weighted by atomic mass is 16.4. The fraction of sp³-hybridized carbons (Fsp3) is 0.310. The van der Waals surface area contributed by atoms with Crippen molar-refractivity contribution in [2.45, 2.75) is 71.8 Å². The molecule has 260 valence electrons. The van der Waals surface area contributed by atoms with E-state index in [4.69, 9.17) is 0 Å². The number of rotatable bonds is 10. The van der Waals surface area contributed by atoms with Gasteiger partial charge in [0.2, 0.25) is 0 Å². The van der Waals surface area contributed by atoms with Gasteiger partial charge in [-0.15, -0.1) is 0 Å². The van der Waals surface area contributed by atoms with Gasteiger partial charge in [0.05, 0.1) is 6.04 Å². The lowest BCUT2D eigenvalue weighted by Gasteiger charge is -2.35. The second-order valence-electron chi connectivity index (χ2n) is 13.1. The Kier molecular flexibility index (Phi) is 11.5. The fourth-order valence-electron chi connectivity index (χ4n) is 7.09. The topological polar surface area (TPSA) is 135 Å². The van der Waals surface area contributed by atoms with Gasteiger partial charge in [-0.05, 0) is 96.6 Å². The minimum atomic E-state index is -1.28. The molecule has 1 atom stereocenters. The molecule has 0 bridgehead atoms. The first kappa shape index (κ1) is 36.1. The number of nitrogens with zero attached hydrogens (tertiary/aromatic N) is 1. The largest absolute Gasteiger partial charge is 0.507 e. The number of aryl methyl sites for hydroxylation is 2. The van der Waals surface area contributed by atoms with Gasteiger partial charge >= 0.3 is 11.9 Å². The monoisotopic (exact) mass is 675 g/mol. The number of aromatic carboxylic acids is 2. The third-order valence-electron chi connectivity index (χ3n) is 9.85. The zero-order valence-corrected chi connectivity index (χ0v) is 28.9. The van der Waals surface area contributed by atoms with Gasteiger partial charge in [0.1, 0.15) is 22.6 Å². The van der Waals surface area contributed by atoms with Crippen molar-refractivity contribution in [3.8, 4) is 11.5 Å². The maximum absolute atomic E-state index is 12.8. The Hall–Kier alpha value is -5.21. The molecule has 8 nitrogen and oxygen atoms in total. The van der Waals surface area contributed by atoms with Gasteiger partial charge in [-0.25, -0.2) is 9.59 Å². The third-order valence-corrected chi connectivity index (χ3v) is 9.85. The van der Waals surface area contributed by atoms with Gasteiger partial charge < -0.3 is 20.4 Å². The number of piperidine rings is 1. The standard InChI is InChI=1S/C23H16O6.C19H29NO/c24-20-16(14-7-3-1-5-12(14)9-18(20)22(26)27)11-17-15-8-4-2-6-13(15)10-19(21(17)25)23(28)29;1-4-5-12-20-13-7-6-11-18(20)19(21)14-17-15(2)9-8-10-16(17)3/h1-10,24-25H,11H2,(H,26,27)(H,28,29);8-10,18H,4-7,11-14H2,1-3H3. The van der Waals surface area contributed by atoms with Gasteiger partial charge in [-0.2, -0.15) is 0 Å². The number of hydrogen-bond acceptors (Lipinski definition) is 6. The number of aromatic hydroxyl groups is 2. The summed E-state index contributed by atoms with van der Waals surface area (Å²) in [6, 6.07) is 23.2. The van der Waals surface area contributed by atoms with E-state index in [1.165, 1.54) is 54.5 Å². The van der Waals surface area contributed by atoms with E-state index in [-0.39, 0.29) is 23.6 Å². The number of fused-ring (bicyclic) bond motifs is 2. The number of carbonyl (C=O) groups excluding carboxylic acids is 1. The highest BCUT2D eigenvalue weighted by molar-refractivity contribution is 6.02. The minimum Gasteiger partial charge on any atom is -0.507 e. The smallest absolute Gasteiger partial charge is 0.339 e. The van der Waals surface area contributed by atoms with E-state index in [0.717, 1.165) is 19.5 Å². The average Bonchev–Trinajstić information content (AvgIpc) is 3.10. The van der Waals surface area contributed by atoms with Gasteiger partial charge in [0, 0.05) is 24.0 Å². The number of unbranched alkanes of at least 4 members (excludes halogenated alkanes) is 1. The highest BCUT2D eigenvalue weighted by Crippen LogP contribution is 2.38. The van der Waals surface area contributed by atoms with Crippen molar-refractivity contribution < 1.29 is 34.8 Å². The lowest BCUT2D eigenvalue weighted by Crippen LogP contribution is -2.45. The summed E-state index contributed by atoms with van der Waals surface area (Å²) >= 11 is 0. The summed E-state index contributed by atoms with van der Waals surface area (Å²) in [5.74, 6) is -2.94. The van der Waals surface area contributed by atoms with E-state index in [2.05, 4.69) is 43.9 Å². The predicted octanol–water partition coefficient (Wildman–Crippen LogP) is 8.46. The molecule has 1 saturated heterocycles. The first-order valence-electron chi connectivity index (χ1n) is 17.3. The van der Waals surface area contributed by atoms with Crippen LogP contribution in [-0.2, 0) is 17.6 Å². The summed E-state index contributed by atoms with van der Waals surface area (Å²) in [4.78, 5) is 38.4. The van der Waals surface area contributed by atoms with Crippen LogP contribution in [0.2, 0.25) is 0 Å². The zero-order valence-electron chi connectivity index (χ0n) is 28.9. The highest BCUT2D eigenvalue weighted by Gasteiger charge is 2.28. The van der Waals surface area contributed by atoms with Crippen LogP contribution in [0.25, 0.3) is 21.5 Å². The molecule has 50 heavy (non-hydrogen) atoms. The number of carboxylic acid groups (broad SMARTS) is 2. The number of ketones is 1.